The fraction of sp³-hybridized carbons (Fsp3) is 0.348. The van der Waals surface area contributed by atoms with Crippen LogP contribution in [-0.2, 0) is 0 Å². The number of hydrogen-bond acceptors (Lipinski definition) is 5. The van der Waals surface area contributed by atoms with Crippen molar-refractivity contribution in [3.63, 3.8) is 0 Å². The molecule has 0 aliphatic carbocycles. The van der Waals surface area contributed by atoms with Crippen molar-refractivity contribution in [3.8, 4) is 22.6 Å². The number of likely N-dealkylation sites (tertiary alicyclic amines) is 1. The highest BCUT2D eigenvalue weighted by molar-refractivity contribution is 6.30. The van der Waals surface area contributed by atoms with Crippen LogP contribution in [0.25, 0.3) is 22.6 Å². The van der Waals surface area contributed by atoms with Crippen LogP contribution in [0.3, 0.4) is 0 Å². The van der Waals surface area contributed by atoms with Gasteiger partial charge in [0.2, 0.25) is 0 Å². The summed E-state index contributed by atoms with van der Waals surface area (Å²) in [6.07, 6.45) is 5.96. The van der Waals surface area contributed by atoms with Gasteiger partial charge < -0.3 is 10.2 Å². The first-order chi connectivity index (χ1) is 14.1. The number of aromatic nitrogens is 3. The highest BCUT2D eigenvalue weighted by atomic mass is 35.5. The van der Waals surface area contributed by atoms with E-state index in [-0.39, 0.29) is 0 Å². The number of hydrogen-bond donors (Lipinski definition) is 1. The molecule has 1 aromatic carbocycles. The van der Waals surface area contributed by atoms with E-state index in [0.29, 0.717) is 22.8 Å². The second-order valence-electron chi connectivity index (χ2n) is 7.78. The van der Waals surface area contributed by atoms with Crippen molar-refractivity contribution >= 4 is 17.4 Å². The quantitative estimate of drug-likeness (QED) is 0.644. The summed E-state index contributed by atoms with van der Waals surface area (Å²) in [5.74, 6) is 2.15. The van der Waals surface area contributed by atoms with E-state index in [0.717, 1.165) is 35.7 Å². The average Bonchev–Trinajstić information content (AvgIpc) is 2.75. The standard InChI is InChI=1S/C23H26ClN5/c1-16(17-9-12-29(2)13-10-17)26-22-14-21(18-5-7-20(24)8-6-18)27-23(28-22)19-4-3-11-25-15-19/h3-8,11,14-17H,9-10,12-13H2,1-2H3,(H,26,27,28). The molecule has 1 unspecified atom stereocenters. The number of rotatable bonds is 5. The summed E-state index contributed by atoms with van der Waals surface area (Å²) < 4.78 is 0. The molecule has 1 aliphatic heterocycles. The number of benzene rings is 1. The Morgan fingerprint density at radius 2 is 1.83 bits per heavy atom. The first-order valence-electron chi connectivity index (χ1n) is 10.1. The first kappa shape index (κ1) is 19.8. The van der Waals surface area contributed by atoms with E-state index in [2.05, 4.69) is 29.2 Å². The monoisotopic (exact) mass is 407 g/mol. The summed E-state index contributed by atoms with van der Waals surface area (Å²) >= 11 is 6.07. The third kappa shape index (κ3) is 4.92. The molecule has 5 nitrogen and oxygen atoms in total. The van der Waals surface area contributed by atoms with Gasteiger partial charge in [0.1, 0.15) is 5.82 Å². The highest BCUT2D eigenvalue weighted by Crippen LogP contribution is 2.27. The Morgan fingerprint density at radius 3 is 2.52 bits per heavy atom. The molecule has 1 N–H and O–H groups in total. The lowest BCUT2D eigenvalue weighted by Gasteiger charge is -2.33. The van der Waals surface area contributed by atoms with Crippen LogP contribution >= 0.6 is 11.6 Å². The Morgan fingerprint density at radius 1 is 1.07 bits per heavy atom. The zero-order chi connectivity index (χ0) is 20.2. The largest absolute Gasteiger partial charge is 0.367 e. The molecule has 1 fully saturated rings. The second kappa shape index (κ2) is 8.89. The Labute approximate surface area is 177 Å². The third-order valence-corrected chi connectivity index (χ3v) is 5.88. The smallest absolute Gasteiger partial charge is 0.163 e. The van der Waals surface area contributed by atoms with Crippen LogP contribution in [0.1, 0.15) is 19.8 Å². The van der Waals surface area contributed by atoms with Gasteiger partial charge in [-0.05, 0) is 70.1 Å². The van der Waals surface area contributed by atoms with Crippen molar-refractivity contribution in [1.29, 1.82) is 0 Å². The molecule has 4 rings (SSSR count). The minimum atomic E-state index is 0.346. The molecule has 29 heavy (non-hydrogen) atoms. The van der Waals surface area contributed by atoms with E-state index in [9.17, 15) is 0 Å². The predicted molar refractivity (Wildman–Crippen MR) is 119 cm³/mol. The molecule has 1 saturated heterocycles. The minimum Gasteiger partial charge on any atom is -0.367 e. The molecule has 0 bridgehead atoms. The van der Waals surface area contributed by atoms with Gasteiger partial charge in [-0.2, -0.15) is 0 Å². The number of halogens is 1. The Kier molecular flexibility index (Phi) is 6.07. The van der Waals surface area contributed by atoms with E-state index >= 15 is 0 Å². The lowest BCUT2D eigenvalue weighted by Crippen LogP contribution is -2.37. The highest BCUT2D eigenvalue weighted by Gasteiger charge is 2.23. The van der Waals surface area contributed by atoms with Crippen LogP contribution in [-0.4, -0.2) is 46.0 Å². The van der Waals surface area contributed by atoms with Crippen LogP contribution in [0.15, 0.2) is 54.9 Å². The van der Waals surface area contributed by atoms with Gasteiger partial charge in [-0.25, -0.2) is 9.97 Å². The van der Waals surface area contributed by atoms with Crippen LogP contribution in [0, 0.1) is 5.92 Å². The average molecular weight is 408 g/mol. The van der Waals surface area contributed by atoms with E-state index < -0.39 is 0 Å². The molecule has 0 radical (unpaired) electrons. The topological polar surface area (TPSA) is 53.9 Å². The SMILES string of the molecule is CC(Nc1cc(-c2ccc(Cl)cc2)nc(-c2cccnc2)n1)C1CCN(C)CC1. The summed E-state index contributed by atoms with van der Waals surface area (Å²) in [5, 5.41) is 4.35. The molecular formula is C23H26ClN5. The van der Waals surface area contributed by atoms with Crippen LogP contribution in [0.2, 0.25) is 5.02 Å². The lowest BCUT2D eigenvalue weighted by atomic mass is 9.90. The van der Waals surface area contributed by atoms with Gasteiger partial charge in [-0.15, -0.1) is 0 Å². The first-order valence-corrected chi connectivity index (χ1v) is 10.5. The van der Waals surface area contributed by atoms with Crippen molar-refractivity contribution in [2.24, 2.45) is 5.92 Å². The second-order valence-corrected chi connectivity index (χ2v) is 8.22. The van der Waals surface area contributed by atoms with Gasteiger partial charge in [0.15, 0.2) is 5.82 Å². The molecule has 3 aromatic rings. The number of nitrogens with one attached hydrogen (secondary N) is 1. The summed E-state index contributed by atoms with van der Waals surface area (Å²) in [6.45, 7) is 4.55. The van der Waals surface area contributed by atoms with Crippen molar-refractivity contribution in [3.05, 3.63) is 59.9 Å². The molecule has 6 heteroatoms. The van der Waals surface area contributed by atoms with Crippen molar-refractivity contribution in [1.82, 2.24) is 19.9 Å². The zero-order valence-corrected chi connectivity index (χ0v) is 17.6. The summed E-state index contributed by atoms with van der Waals surface area (Å²) in [4.78, 5) is 16.2. The van der Waals surface area contributed by atoms with E-state index in [1.807, 2.05) is 42.5 Å². The maximum absolute atomic E-state index is 6.07. The van der Waals surface area contributed by atoms with E-state index in [4.69, 9.17) is 21.6 Å². The number of piperidine rings is 1. The van der Waals surface area contributed by atoms with E-state index in [1.165, 1.54) is 12.8 Å². The summed E-state index contributed by atoms with van der Waals surface area (Å²) in [6, 6.07) is 14.0. The molecular weight excluding hydrogens is 382 g/mol. The molecule has 3 heterocycles. The van der Waals surface area contributed by atoms with Crippen molar-refractivity contribution < 1.29 is 0 Å². The van der Waals surface area contributed by atoms with Gasteiger partial charge in [0, 0.05) is 40.7 Å². The molecule has 0 spiro atoms. The summed E-state index contributed by atoms with van der Waals surface area (Å²) in [5.41, 5.74) is 2.78. The van der Waals surface area contributed by atoms with E-state index in [1.54, 1.807) is 12.4 Å². The maximum Gasteiger partial charge on any atom is 0.163 e. The van der Waals surface area contributed by atoms with Gasteiger partial charge in [0.25, 0.3) is 0 Å². The predicted octanol–water partition coefficient (Wildman–Crippen LogP) is 5.00. The van der Waals surface area contributed by atoms with Crippen molar-refractivity contribution in [2.45, 2.75) is 25.8 Å². The van der Waals surface area contributed by atoms with Crippen LogP contribution in [0.5, 0.6) is 0 Å². The molecule has 1 atom stereocenters. The lowest BCUT2D eigenvalue weighted by molar-refractivity contribution is 0.208. The molecule has 0 amide bonds. The van der Waals surface area contributed by atoms with Crippen LogP contribution in [0.4, 0.5) is 5.82 Å². The fourth-order valence-electron chi connectivity index (χ4n) is 3.79. The van der Waals surface area contributed by atoms with Gasteiger partial charge >= 0.3 is 0 Å². The Bertz CT molecular complexity index is 937. The molecule has 0 saturated carbocycles. The zero-order valence-electron chi connectivity index (χ0n) is 16.8. The third-order valence-electron chi connectivity index (χ3n) is 5.63. The molecule has 1 aliphatic rings. The van der Waals surface area contributed by atoms with Crippen LogP contribution < -0.4 is 5.32 Å². The number of nitrogens with zero attached hydrogens (tertiary/aromatic N) is 4. The van der Waals surface area contributed by atoms with Crippen molar-refractivity contribution in [2.75, 3.05) is 25.5 Å². The van der Waals surface area contributed by atoms with Gasteiger partial charge in [0.05, 0.1) is 5.69 Å². The minimum absolute atomic E-state index is 0.346. The van der Waals surface area contributed by atoms with Gasteiger partial charge in [-0.3, -0.25) is 4.98 Å². The number of pyridine rings is 1. The Hall–Kier alpha value is -2.50. The fourth-order valence-corrected chi connectivity index (χ4v) is 3.92. The maximum atomic E-state index is 6.07. The normalized spacial score (nSPS) is 16.5. The Balaban J connectivity index is 1.65. The molecule has 2 aromatic heterocycles. The number of anilines is 1. The van der Waals surface area contributed by atoms with Gasteiger partial charge in [-0.1, -0.05) is 23.7 Å². The molecule has 150 valence electrons. The summed E-state index contributed by atoms with van der Waals surface area (Å²) in [7, 11) is 2.19.